The molecule has 0 heterocycles. The van der Waals surface area contributed by atoms with Crippen LogP contribution in [0.25, 0.3) is 0 Å². The van der Waals surface area contributed by atoms with Crippen molar-refractivity contribution in [1.82, 2.24) is 0 Å². The van der Waals surface area contributed by atoms with Crippen LogP contribution in [0.2, 0.25) is 0 Å². The number of alkyl halides is 3. The fraction of sp³-hybridized carbons (Fsp3) is 0.125. The van der Waals surface area contributed by atoms with E-state index >= 15 is 0 Å². The van der Waals surface area contributed by atoms with E-state index in [1.165, 1.54) is 0 Å². The van der Waals surface area contributed by atoms with Gasteiger partial charge in [0.15, 0.2) is 0 Å². The second kappa shape index (κ2) is 4.95. The minimum Gasteiger partial charge on any atom is -0.251 e. The van der Waals surface area contributed by atoms with Gasteiger partial charge in [-0.15, -0.1) is 0 Å². The standard InChI is InChI=1S/C8H4BrClF3NO2S/c9-6-3-5(17(10,15)16)1-2-7(6)14-4-8(11,12)13/h1-4H. The van der Waals surface area contributed by atoms with Gasteiger partial charge in [0, 0.05) is 15.2 Å². The molecule has 17 heavy (non-hydrogen) atoms. The maximum atomic E-state index is 11.9. The van der Waals surface area contributed by atoms with E-state index in [4.69, 9.17) is 10.7 Å². The molecular weight excluding hydrogens is 347 g/mol. The molecule has 1 aromatic rings. The summed E-state index contributed by atoms with van der Waals surface area (Å²) < 4.78 is 57.6. The molecule has 3 nitrogen and oxygen atoms in total. The first-order chi connectivity index (χ1) is 7.59. The highest BCUT2D eigenvalue weighted by Gasteiger charge is 2.23. The predicted octanol–water partition coefficient (Wildman–Crippen LogP) is 3.64. The summed E-state index contributed by atoms with van der Waals surface area (Å²) in [5, 5.41) is 0. The fourth-order valence-corrected chi connectivity index (χ4v) is 2.30. The van der Waals surface area contributed by atoms with Gasteiger partial charge >= 0.3 is 6.18 Å². The van der Waals surface area contributed by atoms with Crippen LogP contribution in [0.15, 0.2) is 32.6 Å². The molecule has 0 spiro atoms. The van der Waals surface area contributed by atoms with Crippen molar-refractivity contribution in [2.24, 2.45) is 4.99 Å². The highest BCUT2D eigenvalue weighted by molar-refractivity contribution is 9.10. The Hall–Kier alpha value is -0.600. The first kappa shape index (κ1) is 14.5. The summed E-state index contributed by atoms with van der Waals surface area (Å²) in [5.41, 5.74) is -0.0496. The lowest BCUT2D eigenvalue weighted by molar-refractivity contribution is -0.0535. The molecule has 1 rings (SSSR count). The van der Waals surface area contributed by atoms with Crippen LogP contribution in [0.4, 0.5) is 18.9 Å². The molecule has 0 fully saturated rings. The minimum atomic E-state index is -4.53. The number of hydrogen-bond acceptors (Lipinski definition) is 3. The molecule has 94 valence electrons. The van der Waals surface area contributed by atoms with Crippen LogP contribution in [0, 0.1) is 0 Å². The Bertz CT molecular complexity index is 556. The van der Waals surface area contributed by atoms with Crippen LogP contribution in [0.3, 0.4) is 0 Å². The van der Waals surface area contributed by atoms with Gasteiger partial charge < -0.3 is 0 Å². The van der Waals surface area contributed by atoms with Gasteiger partial charge in [-0.3, -0.25) is 4.99 Å². The van der Waals surface area contributed by atoms with Crippen LogP contribution in [0.5, 0.6) is 0 Å². The van der Waals surface area contributed by atoms with Crippen molar-refractivity contribution in [1.29, 1.82) is 0 Å². The van der Waals surface area contributed by atoms with Crippen LogP contribution < -0.4 is 0 Å². The van der Waals surface area contributed by atoms with Crippen LogP contribution in [-0.4, -0.2) is 20.8 Å². The Morgan fingerprint density at radius 1 is 1.35 bits per heavy atom. The SMILES string of the molecule is O=S(=O)(Cl)c1ccc(N=CC(F)(F)F)c(Br)c1. The Morgan fingerprint density at radius 3 is 2.35 bits per heavy atom. The summed E-state index contributed by atoms with van der Waals surface area (Å²) in [4.78, 5) is 2.94. The number of rotatable bonds is 2. The normalized spacial score (nSPS) is 13.2. The van der Waals surface area contributed by atoms with Crippen molar-refractivity contribution < 1.29 is 21.6 Å². The lowest BCUT2D eigenvalue weighted by Crippen LogP contribution is -2.07. The molecule has 0 aromatic heterocycles. The summed E-state index contributed by atoms with van der Waals surface area (Å²) in [5.74, 6) is 0. The summed E-state index contributed by atoms with van der Waals surface area (Å²) >= 11 is 2.90. The smallest absolute Gasteiger partial charge is 0.251 e. The minimum absolute atomic E-state index is 0.0496. The second-order valence-corrected chi connectivity index (χ2v) is 6.27. The van der Waals surface area contributed by atoms with Gasteiger partial charge in [0.2, 0.25) is 0 Å². The van der Waals surface area contributed by atoms with Crippen molar-refractivity contribution in [2.75, 3.05) is 0 Å². The van der Waals surface area contributed by atoms with Gasteiger partial charge in [0.05, 0.1) is 10.6 Å². The van der Waals surface area contributed by atoms with Gasteiger partial charge in [-0.25, -0.2) is 8.42 Å². The lowest BCUT2D eigenvalue weighted by atomic mass is 10.3. The molecule has 0 unspecified atom stereocenters. The molecule has 0 aliphatic carbocycles. The molecule has 0 amide bonds. The summed E-state index contributed by atoms with van der Waals surface area (Å²) in [6.07, 6.45) is -4.72. The number of aliphatic imine (C=N–C) groups is 1. The summed E-state index contributed by atoms with van der Waals surface area (Å²) in [7, 11) is 1.15. The summed E-state index contributed by atoms with van der Waals surface area (Å²) in [6, 6.07) is 3.25. The Labute approximate surface area is 108 Å². The Morgan fingerprint density at radius 2 is 1.94 bits per heavy atom. The molecule has 9 heteroatoms. The highest BCUT2D eigenvalue weighted by atomic mass is 79.9. The van der Waals surface area contributed by atoms with Gasteiger partial charge in [-0.1, -0.05) is 0 Å². The number of hydrogen-bond donors (Lipinski definition) is 0. The number of halogens is 5. The van der Waals surface area contributed by atoms with Crippen molar-refractivity contribution in [2.45, 2.75) is 11.1 Å². The Kier molecular flexibility index (Phi) is 4.21. The maximum Gasteiger partial charge on any atom is 0.426 e. The van der Waals surface area contributed by atoms with Gasteiger partial charge in [-0.05, 0) is 34.1 Å². The van der Waals surface area contributed by atoms with Crippen LogP contribution in [0.1, 0.15) is 0 Å². The molecule has 0 atom stereocenters. The zero-order valence-corrected chi connectivity index (χ0v) is 11.0. The van der Waals surface area contributed by atoms with E-state index in [-0.39, 0.29) is 21.3 Å². The fourth-order valence-electron chi connectivity index (χ4n) is 0.887. The van der Waals surface area contributed by atoms with Gasteiger partial charge in [0.25, 0.3) is 9.05 Å². The first-order valence-electron chi connectivity index (χ1n) is 3.96. The highest BCUT2D eigenvalue weighted by Crippen LogP contribution is 2.29. The molecule has 0 bridgehead atoms. The monoisotopic (exact) mass is 349 g/mol. The van der Waals surface area contributed by atoms with E-state index in [1.54, 1.807) is 0 Å². The first-order valence-corrected chi connectivity index (χ1v) is 7.06. The molecule has 0 aliphatic rings. The van der Waals surface area contributed by atoms with E-state index < -0.39 is 15.2 Å². The van der Waals surface area contributed by atoms with Crippen molar-refractivity contribution >= 4 is 47.6 Å². The molecule has 0 saturated heterocycles. The van der Waals surface area contributed by atoms with E-state index in [0.29, 0.717) is 0 Å². The Balaban J connectivity index is 3.12. The van der Waals surface area contributed by atoms with Gasteiger partial charge in [0.1, 0.15) is 6.21 Å². The molecular formula is C8H4BrClF3NO2S. The van der Waals surface area contributed by atoms with E-state index in [2.05, 4.69) is 20.9 Å². The molecule has 0 aliphatic heterocycles. The molecule has 1 aromatic carbocycles. The van der Waals surface area contributed by atoms with E-state index in [1.807, 2.05) is 0 Å². The molecule has 0 saturated carbocycles. The lowest BCUT2D eigenvalue weighted by Gasteiger charge is -2.02. The molecule has 0 radical (unpaired) electrons. The van der Waals surface area contributed by atoms with E-state index in [0.717, 1.165) is 18.2 Å². The predicted molar refractivity (Wildman–Crippen MR) is 61.4 cm³/mol. The molecule has 0 N–H and O–H groups in total. The average molecular weight is 351 g/mol. The maximum absolute atomic E-state index is 11.9. The van der Waals surface area contributed by atoms with E-state index in [9.17, 15) is 21.6 Å². The van der Waals surface area contributed by atoms with Crippen molar-refractivity contribution in [3.63, 3.8) is 0 Å². The van der Waals surface area contributed by atoms with Crippen molar-refractivity contribution in [3.05, 3.63) is 22.7 Å². The van der Waals surface area contributed by atoms with Crippen molar-refractivity contribution in [3.8, 4) is 0 Å². The third-order valence-electron chi connectivity index (χ3n) is 1.55. The third-order valence-corrected chi connectivity index (χ3v) is 3.54. The second-order valence-electron chi connectivity index (χ2n) is 2.85. The zero-order chi connectivity index (χ0) is 13.3. The third kappa shape index (κ3) is 4.64. The van der Waals surface area contributed by atoms with Crippen LogP contribution >= 0.6 is 26.6 Å². The number of benzene rings is 1. The number of nitrogens with zero attached hydrogens (tertiary/aromatic N) is 1. The quantitative estimate of drug-likeness (QED) is 0.604. The van der Waals surface area contributed by atoms with Gasteiger partial charge in [-0.2, -0.15) is 13.2 Å². The average Bonchev–Trinajstić information content (AvgIpc) is 2.12. The zero-order valence-electron chi connectivity index (χ0n) is 7.87. The topological polar surface area (TPSA) is 46.5 Å². The largest absolute Gasteiger partial charge is 0.426 e. The summed E-state index contributed by atoms with van der Waals surface area (Å²) in [6.45, 7) is 0. The van der Waals surface area contributed by atoms with Crippen LogP contribution in [-0.2, 0) is 9.05 Å².